The van der Waals surface area contributed by atoms with Gasteiger partial charge in [-0.2, -0.15) is 10.4 Å². The summed E-state index contributed by atoms with van der Waals surface area (Å²) in [5.74, 6) is 0. The molecule has 0 bridgehead atoms. The van der Waals surface area contributed by atoms with E-state index >= 15 is 0 Å². The molecule has 0 aliphatic heterocycles. The topological polar surface area (TPSA) is 64.5 Å². The molecular weight excluding hydrogens is 200 g/mol. The van der Waals surface area contributed by atoms with Gasteiger partial charge in [0.05, 0.1) is 11.6 Å². The maximum Gasteiger partial charge on any atom is 0.0991 e. The van der Waals surface area contributed by atoms with E-state index in [1.807, 2.05) is 24.3 Å². The zero-order valence-corrected chi connectivity index (χ0v) is 8.77. The summed E-state index contributed by atoms with van der Waals surface area (Å²) in [5, 5.41) is 18.8. The number of nitriles is 1. The van der Waals surface area contributed by atoms with Crippen molar-refractivity contribution in [1.29, 1.82) is 5.26 Å². The lowest BCUT2D eigenvalue weighted by Crippen LogP contribution is -2.12. The van der Waals surface area contributed by atoms with Crippen LogP contribution in [-0.2, 0) is 13.1 Å². The second kappa shape index (κ2) is 5.10. The molecule has 80 valence electrons. The second-order valence-electron chi connectivity index (χ2n) is 3.50. The minimum Gasteiger partial charge on any atom is -0.307 e. The number of H-pyrrole nitrogens is 1. The summed E-state index contributed by atoms with van der Waals surface area (Å²) in [6.45, 7) is 1.49. The van der Waals surface area contributed by atoms with E-state index in [0.717, 1.165) is 24.3 Å². The van der Waals surface area contributed by atoms with Crippen LogP contribution in [0.25, 0.3) is 0 Å². The Labute approximate surface area is 93.9 Å². The first kappa shape index (κ1) is 10.4. The van der Waals surface area contributed by atoms with Crippen molar-refractivity contribution in [3.05, 3.63) is 53.3 Å². The molecule has 0 atom stereocenters. The van der Waals surface area contributed by atoms with Gasteiger partial charge < -0.3 is 5.32 Å². The smallest absolute Gasteiger partial charge is 0.0991 e. The van der Waals surface area contributed by atoms with Gasteiger partial charge in [0.15, 0.2) is 0 Å². The zero-order chi connectivity index (χ0) is 11.2. The predicted molar refractivity (Wildman–Crippen MR) is 60.3 cm³/mol. The van der Waals surface area contributed by atoms with Gasteiger partial charge >= 0.3 is 0 Å². The minimum atomic E-state index is 0.695. The molecule has 0 unspecified atom stereocenters. The largest absolute Gasteiger partial charge is 0.307 e. The van der Waals surface area contributed by atoms with Crippen LogP contribution in [-0.4, -0.2) is 10.2 Å². The first-order valence-electron chi connectivity index (χ1n) is 5.06. The molecule has 0 radical (unpaired) electrons. The van der Waals surface area contributed by atoms with Gasteiger partial charge in [0.2, 0.25) is 0 Å². The summed E-state index contributed by atoms with van der Waals surface area (Å²) in [5.41, 5.74) is 2.86. The Kier molecular flexibility index (Phi) is 3.31. The molecule has 0 spiro atoms. The molecular formula is C12H12N4. The number of nitrogens with one attached hydrogen (secondary N) is 2. The molecule has 0 amide bonds. The van der Waals surface area contributed by atoms with E-state index in [9.17, 15) is 0 Å². The van der Waals surface area contributed by atoms with Gasteiger partial charge in [-0.3, -0.25) is 5.10 Å². The third-order valence-electron chi connectivity index (χ3n) is 2.26. The van der Waals surface area contributed by atoms with E-state index in [2.05, 4.69) is 21.6 Å². The van der Waals surface area contributed by atoms with Gasteiger partial charge in [-0.15, -0.1) is 0 Å². The lowest BCUT2D eigenvalue weighted by molar-refractivity contribution is 0.677. The SMILES string of the molecule is N#Cc1cccc(CNCc2ccn[nH]2)c1. The van der Waals surface area contributed by atoms with Crippen LogP contribution in [0.15, 0.2) is 36.5 Å². The molecule has 0 saturated heterocycles. The van der Waals surface area contributed by atoms with Crippen LogP contribution in [0.3, 0.4) is 0 Å². The summed E-state index contributed by atoms with van der Waals surface area (Å²) in [6, 6.07) is 11.6. The molecule has 1 heterocycles. The van der Waals surface area contributed by atoms with E-state index in [0.29, 0.717) is 5.56 Å². The van der Waals surface area contributed by atoms with Crippen molar-refractivity contribution >= 4 is 0 Å². The average Bonchev–Trinajstić information content (AvgIpc) is 2.82. The summed E-state index contributed by atoms with van der Waals surface area (Å²) in [4.78, 5) is 0. The second-order valence-corrected chi connectivity index (χ2v) is 3.50. The van der Waals surface area contributed by atoms with Crippen LogP contribution in [0.4, 0.5) is 0 Å². The molecule has 4 nitrogen and oxygen atoms in total. The van der Waals surface area contributed by atoms with Crippen molar-refractivity contribution in [2.24, 2.45) is 0 Å². The molecule has 0 fully saturated rings. The van der Waals surface area contributed by atoms with Crippen molar-refractivity contribution in [1.82, 2.24) is 15.5 Å². The highest BCUT2D eigenvalue weighted by Gasteiger charge is 1.96. The standard InChI is InChI=1S/C12H12N4/c13-7-10-2-1-3-11(6-10)8-14-9-12-4-5-15-16-12/h1-6,14H,8-9H2,(H,15,16). The van der Waals surface area contributed by atoms with Crippen molar-refractivity contribution in [3.63, 3.8) is 0 Å². The number of rotatable bonds is 4. The van der Waals surface area contributed by atoms with Crippen molar-refractivity contribution in [2.75, 3.05) is 0 Å². The average molecular weight is 212 g/mol. The third kappa shape index (κ3) is 2.69. The Morgan fingerprint density at radius 2 is 2.25 bits per heavy atom. The first-order valence-corrected chi connectivity index (χ1v) is 5.06. The van der Waals surface area contributed by atoms with E-state index in [1.54, 1.807) is 12.3 Å². The minimum absolute atomic E-state index is 0.695. The van der Waals surface area contributed by atoms with E-state index < -0.39 is 0 Å². The molecule has 2 rings (SSSR count). The van der Waals surface area contributed by atoms with Gasteiger partial charge in [-0.1, -0.05) is 12.1 Å². The van der Waals surface area contributed by atoms with E-state index in [4.69, 9.17) is 5.26 Å². The monoisotopic (exact) mass is 212 g/mol. The fourth-order valence-electron chi connectivity index (χ4n) is 1.48. The van der Waals surface area contributed by atoms with E-state index in [1.165, 1.54) is 0 Å². The molecule has 0 aliphatic rings. The lowest BCUT2D eigenvalue weighted by atomic mass is 10.1. The number of nitrogens with zero attached hydrogens (tertiary/aromatic N) is 2. The number of aromatic nitrogens is 2. The number of hydrogen-bond donors (Lipinski definition) is 2. The van der Waals surface area contributed by atoms with Crippen LogP contribution in [0.2, 0.25) is 0 Å². The van der Waals surface area contributed by atoms with E-state index in [-0.39, 0.29) is 0 Å². The molecule has 1 aromatic carbocycles. The van der Waals surface area contributed by atoms with Crippen molar-refractivity contribution < 1.29 is 0 Å². The highest BCUT2D eigenvalue weighted by atomic mass is 15.1. The highest BCUT2D eigenvalue weighted by Crippen LogP contribution is 2.03. The summed E-state index contributed by atoms with van der Waals surface area (Å²) in [7, 11) is 0. The van der Waals surface area contributed by atoms with Crippen LogP contribution in [0, 0.1) is 11.3 Å². The molecule has 2 N–H and O–H groups in total. The maximum absolute atomic E-state index is 8.75. The molecule has 4 heteroatoms. The third-order valence-corrected chi connectivity index (χ3v) is 2.26. The van der Waals surface area contributed by atoms with Gasteiger partial charge in [0.25, 0.3) is 0 Å². The van der Waals surface area contributed by atoms with Gasteiger partial charge in [-0.05, 0) is 23.8 Å². The number of benzene rings is 1. The van der Waals surface area contributed by atoms with Crippen molar-refractivity contribution in [2.45, 2.75) is 13.1 Å². The quantitative estimate of drug-likeness (QED) is 0.808. The van der Waals surface area contributed by atoms with Crippen LogP contribution >= 0.6 is 0 Å². The Bertz CT molecular complexity index is 482. The summed E-state index contributed by atoms with van der Waals surface area (Å²) >= 11 is 0. The Morgan fingerprint density at radius 3 is 3.00 bits per heavy atom. The maximum atomic E-state index is 8.75. The fraction of sp³-hybridized carbons (Fsp3) is 0.167. The first-order chi connectivity index (χ1) is 7.88. The van der Waals surface area contributed by atoms with Gasteiger partial charge in [-0.25, -0.2) is 0 Å². The van der Waals surface area contributed by atoms with Crippen LogP contribution < -0.4 is 5.32 Å². The Hall–Kier alpha value is -2.12. The number of hydrogen-bond acceptors (Lipinski definition) is 3. The molecule has 2 aromatic rings. The Morgan fingerprint density at radius 1 is 1.31 bits per heavy atom. The lowest BCUT2D eigenvalue weighted by Gasteiger charge is -2.03. The van der Waals surface area contributed by atoms with Gasteiger partial charge in [0.1, 0.15) is 0 Å². The highest BCUT2D eigenvalue weighted by molar-refractivity contribution is 5.32. The molecule has 1 aromatic heterocycles. The summed E-state index contributed by atoms with van der Waals surface area (Å²) in [6.07, 6.45) is 1.73. The summed E-state index contributed by atoms with van der Waals surface area (Å²) < 4.78 is 0. The molecule has 16 heavy (non-hydrogen) atoms. The normalized spacial score (nSPS) is 9.94. The molecule has 0 saturated carbocycles. The van der Waals surface area contributed by atoms with Crippen LogP contribution in [0.5, 0.6) is 0 Å². The zero-order valence-electron chi connectivity index (χ0n) is 8.77. The van der Waals surface area contributed by atoms with Gasteiger partial charge in [0, 0.05) is 25.0 Å². The number of aromatic amines is 1. The Balaban J connectivity index is 1.88. The molecule has 0 aliphatic carbocycles. The van der Waals surface area contributed by atoms with Crippen molar-refractivity contribution in [3.8, 4) is 6.07 Å². The predicted octanol–water partition coefficient (Wildman–Crippen LogP) is 1.57. The van der Waals surface area contributed by atoms with Crippen LogP contribution in [0.1, 0.15) is 16.8 Å². The fourth-order valence-corrected chi connectivity index (χ4v) is 1.48.